The number of carbonyl (C=O) groups excluding carboxylic acids is 1. The van der Waals surface area contributed by atoms with Crippen molar-refractivity contribution in [3.05, 3.63) is 11.6 Å². The highest BCUT2D eigenvalue weighted by Gasteiger charge is 2.08. The number of hydrazine groups is 2. The molecular weight excluding hydrogens is 156 g/mol. The van der Waals surface area contributed by atoms with Crippen molar-refractivity contribution in [1.82, 2.24) is 15.4 Å². The first-order valence-electron chi connectivity index (χ1n) is 2.38. The summed E-state index contributed by atoms with van der Waals surface area (Å²) in [5.41, 5.74) is 1.81. The van der Waals surface area contributed by atoms with Crippen LogP contribution in [0.2, 0.25) is 0 Å². The zero-order valence-electron chi connectivity index (χ0n) is 4.90. The number of hydrogen-bond acceptors (Lipinski definition) is 6. The predicted molar refractivity (Wildman–Crippen MR) is 35.5 cm³/mol. The van der Waals surface area contributed by atoms with Gasteiger partial charge in [-0.3, -0.25) is 5.43 Å². The number of rotatable bonds is 1. The third kappa shape index (κ3) is 1.79. The first-order valence-corrected chi connectivity index (χ1v) is 3.26. The fourth-order valence-electron chi connectivity index (χ4n) is 0.363. The summed E-state index contributed by atoms with van der Waals surface area (Å²) in [4.78, 5) is 17.5. The molecule has 1 aliphatic rings. The number of carbonyl (C=O) groups is 1. The Bertz CT molecular complexity index is 161. The molecule has 56 valence electrons. The molecule has 0 aromatic carbocycles. The van der Waals surface area contributed by atoms with Crippen LogP contribution < -0.4 is 16.1 Å². The van der Waals surface area contributed by atoms with Crippen LogP contribution in [-0.2, 0) is 4.84 Å². The largest absolute Gasteiger partial charge is 0.447 e. The molecule has 0 bridgehead atoms. The smallest absolute Gasteiger partial charge is 0.304 e. The average Bonchev–Trinajstić information content (AvgIpc) is 2.40. The summed E-state index contributed by atoms with van der Waals surface area (Å²) in [5, 5.41) is 2.84. The third-order valence-electron chi connectivity index (χ3n) is 0.706. The molecule has 1 rings (SSSR count). The van der Waals surface area contributed by atoms with E-state index >= 15 is 0 Å². The lowest BCUT2D eigenvalue weighted by atomic mass is 11.0. The number of amides is 1. The van der Waals surface area contributed by atoms with Crippen LogP contribution in [0, 0.1) is 0 Å². The zero-order valence-corrected chi connectivity index (χ0v) is 5.72. The van der Waals surface area contributed by atoms with E-state index in [1.165, 1.54) is 11.9 Å². The van der Waals surface area contributed by atoms with Crippen molar-refractivity contribution in [1.29, 1.82) is 0 Å². The number of nitrogens with two attached hydrogens (primary N) is 1. The third-order valence-corrected chi connectivity index (χ3v) is 1.25. The first-order chi connectivity index (χ1) is 4.83. The molecule has 1 aliphatic heterocycles. The van der Waals surface area contributed by atoms with Crippen molar-refractivity contribution < 1.29 is 9.63 Å². The average molecular weight is 162 g/mol. The normalized spacial score (nSPS) is 15.5. The fourth-order valence-corrected chi connectivity index (χ4v) is 0.798. The van der Waals surface area contributed by atoms with E-state index in [4.69, 9.17) is 5.84 Å². The Hall–Kier alpha value is -0.920. The molecular formula is C3H6N4O2S. The molecule has 4 N–H and O–H groups in total. The van der Waals surface area contributed by atoms with Crippen molar-refractivity contribution in [2.45, 2.75) is 0 Å². The van der Waals surface area contributed by atoms with Gasteiger partial charge in [-0.25, -0.2) is 10.6 Å². The molecule has 0 saturated carbocycles. The SMILES string of the molecule is NNC(=O)ON1C=CSN1. The maximum atomic E-state index is 10.4. The quantitative estimate of drug-likeness (QED) is 0.207. The molecule has 0 radical (unpaired) electrons. The van der Waals surface area contributed by atoms with E-state index in [1.54, 1.807) is 17.0 Å². The molecule has 0 saturated heterocycles. The van der Waals surface area contributed by atoms with Crippen molar-refractivity contribution in [2.24, 2.45) is 5.84 Å². The summed E-state index contributed by atoms with van der Waals surface area (Å²) in [7, 11) is 0. The molecule has 0 aromatic rings. The lowest BCUT2D eigenvalue weighted by Crippen LogP contribution is -2.37. The summed E-state index contributed by atoms with van der Waals surface area (Å²) in [5.74, 6) is 4.74. The first kappa shape index (κ1) is 7.19. The molecule has 1 heterocycles. The summed E-state index contributed by atoms with van der Waals surface area (Å²) in [6, 6.07) is 0. The van der Waals surface area contributed by atoms with Gasteiger partial charge in [0.1, 0.15) is 0 Å². The minimum atomic E-state index is -0.723. The van der Waals surface area contributed by atoms with Crippen LogP contribution in [-0.4, -0.2) is 11.3 Å². The molecule has 0 fully saturated rings. The van der Waals surface area contributed by atoms with Crippen LogP contribution in [0.4, 0.5) is 4.79 Å². The van der Waals surface area contributed by atoms with E-state index in [9.17, 15) is 4.79 Å². The van der Waals surface area contributed by atoms with Crippen LogP contribution in [0.15, 0.2) is 11.6 Å². The second kappa shape index (κ2) is 3.30. The highest BCUT2D eigenvalue weighted by Crippen LogP contribution is 2.07. The van der Waals surface area contributed by atoms with Crippen molar-refractivity contribution in [3.63, 3.8) is 0 Å². The molecule has 1 amide bonds. The monoisotopic (exact) mass is 162 g/mol. The Morgan fingerprint density at radius 2 is 2.70 bits per heavy atom. The Balaban J connectivity index is 2.24. The Labute approximate surface area is 61.4 Å². The van der Waals surface area contributed by atoms with Crippen LogP contribution >= 0.6 is 11.9 Å². The van der Waals surface area contributed by atoms with Gasteiger partial charge in [0, 0.05) is 5.41 Å². The van der Waals surface area contributed by atoms with Gasteiger partial charge in [-0.05, 0) is 11.9 Å². The maximum absolute atomic E-state index is 10.4. The lowest BCUT2D eigenvalue weighted by Gasteiger charge is -2.11. The molecule has 0 aliphatic carbocycles. The molecule has 6 nitrogen and oxygen atoms in total. The van der Waals surface area contributed by atoms with Gasteiger partial charge in [-0.1, -0.05) is 0 Å². The van der Waals surface area contributed by atoms with Gasteiger partial charge in [0.05, 0.1) is 6.20 Å². The Morgan fingerprint density at radius 3 is 3.20 bits per heavy atom. The number of hydroxylamine groups is 1. The Morgan fingerprint density at radius 1 is 1.90 bits per heavy atom. The van der Waals surface area contributed by atoms with Gasteiger partial charge >= 0.3 is 6.09 Å². The zero-order chi connectivity index (χ0) is 7.40. The van der Waals surface area contributed by atoms with Gasteiger partial charge in [0.15, 0.2) is 0 Å². The van der Waals surface area contributed by atoms with E-state index in [1.807, 2.05) is 0 Å². The summed E-state index contributed by atoms with van der Waals surface area (Å²) in [6.07, 6.45) is 0.819. The van der Waals surface area contributed by atoms with Gasteiger partial charge in [0.25, 0.3) is 0 Å². The highest BCUT2D eigenvalue weighted by molar-refractivity contribution is 8.00. The summed E-state index contributed by atoms with van der Waals surface area (Å²) < 4.78 is 0. The molecule has 10 heavy (non-hydrogen) atoms. The lowest BCUT2D eigenvalue weighted by molar-refractivity contribution is -0.0710. The summed E-state index contributed by atoms with van der Waals surface area (Å²) >= 11 is 1.28. The van der Waals surface area contributed by atoms with Crippen LogP contribution in [0.1, 0.15) is 0 Å². The number of nitrogens with zero attached hydrogens (tertiary/aromatic N) is 1. The molecule has 7 heteroatoms. The van der Waals surface area contributed by atoms with E-state index in [-0.39, 0.29) is 0 Å². The molecule has 0 unspecified atom stereocenters. The second-order valence-electron chi connectivity index (χ2n) is 1.34. The summed E-state index contributed by atoms with van der Waals surface area (Å²) in [6.45, 7) is 0. The van der Waals surface area contributed by atoms with Gasteiger partial charge < -0.3 is 4.84 Å². The van der Waals surface area contributed by atoms with Crippen LogP contribution in [0.3, 0.4) is 0 Å². The molecule has 0 atom stereocenters. The second-order valence-corrected chi connectivity index (χ2v) is 2.03. The van der Waals surface area contributed by atoms with Crippen molar-refractivity contribution in [2.75, 3.05) is 0 Å². The van der Waals surface area contributed by atoms with Crippen molar-refractivity contribution in [3.8, 4) is 0 Å². The van der Waals surface area contributed by atoms with Crippen LogP contribution in [0.25, 0.3) is 0 Å². The molecule has 0 spiro atoms. The highest BCUT2D eigenvalue weighted by atomic mass is 32.2. The van der Waals surface area contributed by atoms with E-state index < -0.39 is 6.09 Å². The Kier molecular flexibility index (Phi) is 2.37. The van der Waals surface area contributed by atoms with E-state index in [0.717, 1.165) is 5.17 Å². The minimum absolute atomic E-state index is 0.723. The predicted octanol–water partition coefficient (Wildman–Crippen LogP) is -0.559. The standard InChI is InChI=1S/C3H6N4O2S/c4-5-3(8)9-7-1-2-10-6-7/h1-2,6H,4H2,(H,5,8). The van der Waals surface area contributed by atoms with E-state index in [0.29, 0.717) is 0 Å². The maximum Gasteiger partial charge on any atom is 0.447 e. The van der Waals surface area contributed by atoms with Gasteiger partial charge in [-0.2, -0.15) is 0 Å². The van der Waals surface area contributed by atoms with Gasteiger partial charge in [0.2, 0.25) is 0 Å². The van der Waals surface area contributed by atoms with E-state index in [2.05, 4.69) is 9.67 Å². The number of hydrogen-bond donors (Lipinski definition) is 3. The fraction of sp³-hybridized carbons (Fsp3) is 0. The minimum Gasteiger partial charge on any atom is -0.304 e. The van der Waals surface area contributed by atoms with Crippen molar-refractivity contribution >= 4 is 18.0 Å². The molecule has 0 aromatic heterocycles. The number of nitrogens with one attached hydrogen (secondary N) is 2. The van der Waals surface area contributed by atoms with Crippen LogP contribution in [0.5, 0.6) is 0 Å². The topological polar surface area (TPSA) is 79.6 Å². The van der Waals surface area contributed by atoms with Gasteiger partial charge in [-0.15, -0.1) is 10.0 Å².